The minimum atomic E-state index is -0.706. The predicted molar refractivity (Wildman–Crippen MR) is 36.9 cm³/mol. The topological polar surface area (TPSA) is 64.6 Å². The van der Waals surface area contributed by atoms with Gasteiger partial charge >= 0.3 is 5.97 Å². The molecule has 0 aromatic heterocycles. The number of hydrogen-bond donors (Lipinski definition) is 1. The fourth-order valence-corrected chi connectivity index (χ4v) is 0.575. The molecule has 0 saturated carbocycles. The number of nitrogens with one attached hydrogen (secondary N) is 1. The number of amides is 1. The van der Waals surface area contributed by atoms with Gasteiger partial charge in [-0.1, -0.05) is 0 Å². The molecular weight excluding hydrogens is 150 g/mol. The first-order valence-corrected chi connectivity index (χ1v) is 3.02. The van der Waals surface area contributed by atoms with Gasteiger partial charge in [-0.05, 0) is 0 Å². The maximum Gasteiger partial charge on any atom is 0.330 e. The van der Waals surface area contributed by atoms with Crippen molar-refractivity contribution >= 4 is 12.4 Å². The Morgan fingerprint density at radius 3 is 2.64 bits per heavy atom. The fourth-order valence-electron chi connectivity index (χ4n) is 0.575. The molecule has 0 radical (unpaired) electrons. The average molecular weight is 161 g/mol. The van der Waals surface area contributed by atoms with E-state index in [9.17, 15) is 9.59 Å². The summed E-state index contributed by atoms with van der Waals surface area (Å²) in [4.78, 5) is 20.7. The number of ether oxygens (including phenoxy) is 2. The Bertz CT molecular complexity index is 137. The van der Waals surface area contributed by atoms with Gasteiger partial charge in [-0.15, -0.1) is 0 Å². The molecule has 0 spiro atoms. The summed E-state index contributed by atoms with van der Waals surface area (Å²) in [5.41, 5.74) is 0. The highest BCUT2D eigenvalue weighted by molar-refractivity contribution is 5.78. The molecule has 0 unspecified atom stereocenters. The largest absolute Gasteiger partial charge is 0.467 e. The number of hydrogen-bond acceptors (Lipinski definition) is 4. The lowest BCUT2D eigenvalue weighted by molar-refractivity contribution is -0.145. The molecule has 0 aromatic rings. The normalized spacial score (nSPS) is 11.8. The Labute approximate surface area is 64.7 Å². The van der Waals surface area contributed by atoms with Crippen LogP contribution in [0.3, 0.4) is 0 Å². The quantitative estimate of drug-likeness (QED) is 0.411. The summed E-state index contributed by atoms with van der Waals surface area (Å²) < 4.78 is 9.03. The van der Waals surface area contributed by atoms with Gasteiger partial charge in [0.2, 0.25) is 6.41 Å². The van der Waals surface area contributed by atoms with E-state index in [1.54, 1.807) is 0 Å². The van der Waals surface area contributed by atoms with E-state index in [-0.39, 0.29) is 6.61 Å². The van der Waals surface area contributed by atoms with E-state index in [1.807, 2.05) is 0 Å². The second kappa shape index (κ2) is 5.67. The molecule has 1 N–H and O–H groups in total. The molecule has 1 atom stereocenters. The Kier molecular flexibility index (Phi) is 5.10. The zero-order valence-corrected chi connectivity index (χ0v) is 6.49. The maximum absolute atomic E-state index is 10.8. The van der Waals surface area contributed by atoms with Crippen molar-refractivity contribution in [2.45, 2.75) is 6.04 Å². The maximum atomic E-state index is 10.8. The molecule has 0 aliphatic rings. The van der Waals surface area contributed by atoms with Gasteiger partial charge in [0, 0.05) is 7.11 Å². The van der Waals surface area contributed by atoms with Crippen LogP contribution in [0.4, 0.5) is 0 Å². The van der Waals surface area contributed by atoms with Gasteiger partial charge < -0.3 is 14.8 Å². The van der Waals surface area contributed by atoms with Gasteiger partial charge in [-0.2, -0.15) is 0 Å². The van der Waals surface area contributed by atoms with Crippen molar-refractivity contribution in [2.75, 3.05) is 20.8 Å². The van der Waals surface area contributed by atoms with Crippen LogP contribution in [0.25, 0.3) is 0 Å². The number of methoxy groups -OCH3 is 2. The molecule has 0 heterocycles. The monoisotopic (exact) mass is 161 g/mol. The summed E-state index contributed by atoms with van der Waals surface area (Å²) in [6.07, 6.45) is 0.431. The van der Waals surface area contributed by atoms with Gasteiger partial charge in [0.15, 0.2) is 6.04 Å². The molecule has 64 valence electrons. The number of carbonyl (C=O) groups is 2. The lowest BCUT2D eigenvalue weighted by Crippen LogP contribution is -2.40. The molecular formula is C6H11NO4. The zero-order chi connectivity index (χ0) is 8.69. The van der Waals surface area contributed by atoms with Crippen molar-refractivity contribution in [2.24, 2.45) is 0 Å². The molecule has 0 rings (SSSR count). The average Bonchev–Trinajstić information content (AvgIpc) is 2.03. The Balaban J connectivity index is 3.86. The van der Waals surface area contributed by atoms with Crippen LogP contribution < -0.4 is 5.32 Å². The second-order valence-electron chi connectivity index (χ2n) is 1.82. The van der Waals surface area contributed by atoms with Gasteiger partial charge in [-0.3, -0.25) is 4.79 Å². The zero-order valence-electron chi connectivity index (χ0n) is 6.49. The van der Waals surface area contributed by atoms with Crippen molar-refractivity contribution < 1.29 is 19.1 Å². The Morgan fingerprint density at radius 1 is 1.64 bits per heavy atom. The summed E-state index contributed by atoms with van der Waals surface area (Å²) in [6, 6.07) is -0.706. The lowest BCUT2D eigenvalue weighted by Gasteiger charge is -2.11. The molecule has 0 fully saturated rings. The molecule has 5 nitrogen and oxygen atoms in total. The Morgan fingerprint density at radius 2 is 2.27 bits per heavy atom. The minimum absolute atomic E-state index is 0.116. The first-order valence-electron chi connectivity index (χ1n) is 3.02. The number of esters is 1. The van der Waals surface area contributed by atoms with Crippen LogP contribution in [0.2, 0.25) is 0 Å². The van der Waals surface area contributed by atoms with Gasteiger partial charge in [0.25, 0.3) is 0 Å². The number of rotatable bonds is 5. The van der Waals surface area contributed by atoms with Crippen LogP contribution >= 0.6 is 0 Å². The fraction of sp³-hybridized carbons (Fsp3) is 0.667. The number of carbonyl (C=O) groups excluding carboxylic acids is 2. The third kappa shape index (κ3) is 3.57. The highest BCUT2D eigenvalue weighted by Gasteiger charge is 2.16. The van der Waals surface area contributed by atoms with Gasteiger partial charge in [0.05, 0.1) is 13.7 Å². The van der Waals surface area contributed by atoms with Crippen LogP contribution in [0.1, 0.15) is 0 Å². The summed E-state index contributed by atoms with van der Waals surface area (Å²) in [7, 11) is 2.68. The first-order chi connectivity index (χ1) is 5.26. The summed E-state index contributed by atoms with van der Waals surface area (Å²) >= 11 is 0. The predicted octanol–water partition coefficient (Wildman–Crippen LogP) is -1.08. The summed E-state index contributed by atoms with van der Waals surface area (Å²) in [5, 5.41) is 2.25. The highest BCUT2D eigenvalue weighted by atomic mass is 16.5. The lowest BCUT2D eigenvalue weighted by atomic mass is 10.3. The van der Waals surface area contributed by atoms with Crippen LogP contribution in [0.15, 0.2) is 0 Å². The molecule has 0 aliphatic carbocycles. The van der Waals surface area contributed by atoms with Crippen LogP contribution in [0, 0.1) is 0 Å². The van der Waals surface area contributed by atoms with Crippen LogP contribution in [0.5, 0.6) is 0 Å². The van der Waals surface area contributed by atoms with Crippen molar-refractivity contribution in [3.8, 4) is 0 Å². The van der Waals surface area contributed by atoms with Crippen LogP contribution in [-0.2, 0) is 19.1 Å². The molecule has 5 heteroatoms. The summed E-state index contributed by atoms with van der Waals surface area (Å²) in [6.45, 7) is 0.116. The van der Waals surface area contributed by atoms with Gasteiger partial charge in [-0.25, -0.2) is 4.79 Å². The minimum Gasteiger partial charge on any atom is -0.467 e. The van der Waals surface area contributed by atoms with Crippen molar-refractivity contribution in [1.82, 2.24) is 5.32 Å². The first kappa shape index (κ1) is 9.90. The molecule has 0 saturated heterocycles. The van der Waals surface area contributed by atoms with Gasteiger partial charge in [0.1, 0.15) is 0 Å². The standard InChI is InChI=1S/C6H11NO4/c1-10-3-5(7-4-8)6(9)11-2/h4-5H,3H2,1-2H3,(H,7,8)/t5-/m0/s1. The van der Waals surface area contributed by atoms with E-state index >= 15 is 0 Å². The van der Waals surface area contributed by atoms with Crippen molar-refractivity contribution in [1.29, 1.82) is 0 Å². The third-order valence-corrected chi connectivity index (χ3v) is 1.09. The Hall–Kier alpha value is -1.10. The van der Waals surface area contributed by atoms with Crippen LogP contribution in [-0.4, -0.2) is 39.2 Å². The molecule has 11 heavy (non-hydrogen) atoms. The highest BCUT2D eigenvalue weighted by Crippen LogP contribution is 1.86. The van der Waals surface area contributed by atoms with Crippen molar-refractivity contribution in [3.63, 3.8) is 0 Å². The van der Waals surface area contributed by atoms with E-state index < -0.39 is 12.0 Å². The molecule has 0 aromatic carbocycles. The van der Waals surface area contributed by atoms with E-state index in [2.05, 4.69) is 14.8 Å². The second-order valence-corrected chi connectivity index (χ2v) is 1.82. The molecule has 0 aliphatic heterocycles. The molecule has 1 amide bonds. The third-order valence-electron chi connectivity index (χ3n) is 1.09. The van der Waals surface area contributed by atoms with E-state index in [4.69, 9.17) is 0 Å². The van der Waals surface area contributed by atoms with Crippen molar-refractivity contribution in [3.05, 3.63) is 0 Å². The van der Waals surface area contributed by atoms with E-state index in [0.717, 1.165) is 0 Å². The smallest absolute Gasteiger partial charge is 0.330 e. The van der Waals surface area contributed by atoms with E-state index in [1.165, 1.54) is 14.2 Å². The SMILES string of the molecule is COC[C@H](NC=O)C(=O)OC. The summed E-state index contributed by atoms with van der Waals surface area (Å²) in [5.74, 6) is -0.515. The molecule has 0 bridgehead atoms. The van der Waals surface area contributed by atoms with E-state index in [0.29, 0.717) is 6.41 Å².